The molecular formula is C17H16N4. The van der Waals surface area contributed by atoms with Crippen LogP contribution in [0, 0.1) is 0 Å². The van der Waals surface area contributed by atoms with Crippen molar-refractivity contribution in [2.45, 2.75) is 6.67 Å². The van der Waals surface area contributed by atoms with Gasteiger partial charge in [0.05, 0.1) is 29.4 Å². The predicted octanol–water partition coefficient (Wildman–Crippen LogP) is 3.79. The molecular weight excluding hydrogens is 260 g/mol. The lowest BCUT2D eigenvalue weighted by Gasteiger charge is -2.12. The highest BCUT2D eigenvalue weighted by Crippen LogP contribution is 2.21. The van der Waals surface area contributed by atoms with Gasteiger partial charge in [0.1, 0.15) is 0 Å². The predicted molar refractivity (Wildman–Crippen MR) is 83.8 cm³/mol. The highest BCUT2D eigenvalue weighted by molar-refractivity contribution is 5.57. The summed E-state index contributed by atoms with van der Waals surface area (Å²) in [5, 5.41) is 0. The van der Waals surface area contributed by atoms with E-state index < -0.39 is 0 Å². The van der Waals surface area contributed by atoms with E-state index in [0.717, 1.165) is 18.1 Å². The van der Waals surface area contributed by atoms with Gasteiger partial charge >= 0.3 is 0 Å². The maximum atomic E-state index is 3.27. The molecule has 0 spiro atoms. The Balaban J connectivity index is 1.69. The van der Waals surface area contributed by atoms with Crippen molar-refractivity contribution < 1.29 is 0 Å². The third kappa shape index (κ3) is 2.10. The fourth-order valence-electron chi connectivity index (χ4n) is 2.71. The molecule has 0 aliphatic rings. The van der Waals surface area contributed by atoms with Gasteiger partial charge < -0.3 is 19.1 Å². The summed E-state index contributed by atoms with van der Waals surface area (Å²) in [6.45, 7) is 0.780. The zero-order valence-electron chi connectivity index (χ0n) is 11.5. The minimum absolute atomic E-state index is 0.780. The first-order valence-corrected chi connectivity index (χ1v) is 6.99. The van der Waals surface area contributed by atoms with Crippen molar-refractivity contribution in [3.05, 3.63) is 73.3 Å². The van der Waals surface area contributed by atoms with Crippen LogP contribution in [-0.2, 0) is 6.67 Å². The van der Waals surface area contributed by atoms with Gasteiger partial charge in [-0.15, -0.1) is 0 Å². The van der Waals surface area contributed by atoms with Crippen LogP contribution in [0.25, 0.3) is 22.8 Å². The number of nitrogens with zero attached hydrogens (tertiary/aromatic N) is 2. The summed E-state index contributed by atoms with van der Waals surface area (Å²) in [5.41, 5.74) is 4.64. The van der Waals surface area contributed by atoms with E-state index in [1.54, 1.807) is 0 Å². The van der Waals surface area contributed by atoms with E-state index in [0.29, 0.717) is 0 Å². The first-order valence-electron chi connectivity index (χ1n) is 6.99. The molecule has 0 atom stereocenters. The molecule has 0 aromatic carbocycles. The molecule has 0 fully saturated rings. The van der Waals surface area contributed by atoms with Gasteiger partial charge in [-0.3, -0.25) is 0 Å². The minimum atomic E-state index is 0.780. The largest absolute Gasteiger partial charge is 0.360 e. The maximum absolute atomic E-state index is 3.27. The second-order valence-corrected chi connectivity index (χ2v) is 5.04. The average molecular weight is 276 g/mol. The van der Waals surface area contributed by atoms with Crippen molar-refractivity contribution in [1.82, 2.24) is 19.1 Å². The van der Waals surface area contributed by atoms with E-state index in [-0.39, 0.29) is 0 Å². The van der Waals surface area contributed by atoms with Gasteiger partial charge in [0.15, 0.2) is 0 Å². The number of nitrogens with one attached hydrogen (secondary N) is 2. The third-order valence-corrected chi connectivity index (χ3v) is 3.71. The fourth-order valence-corrected chi connectivity index (χ4v) is 2.71. The van der Waals surface area contributed by atoms with Gasteiger partial charge in [-0.05, 0) is 48.5 Å². The Morgan fingerprint density at radius 2 is 1.19 bits per heavy atom. The van der Waals surface area contributed by atoms with Gasteiger partial charge in [-0.1, -0.05) is 0 Å². The Labute approximate surface area is 122 Å². The van der Waals surface area contributed by atoms with E-state index in [9.17, 15) is 0 Å². The highest BCUT2D eigenvalue weighted by Gasteiger charge is 2.08. The topological polar surface area (TPSA) is 41.4 Å². The molecule has 0 radical (unpaired) electrons. The standard InChI is InChI=1S/C17H16N4/c1-5-14(18-9-1)16-7-3-11-20(16)13-21-12-4-8-17(21)15-6-2-10-19-15/h1-12,18-19H,13H2. The Morgan fingerprint density at radius 3 is 1.62 bits per heavy atom. The van der Waals surface area contributed by atoms with E-state index in [1.807, 2.05) is 24.5 Å². The average Bonchev–Trinajstić information content (AvgIpc) is 3.28. The molecule has 4 rings (SSSR count). The molecule has 4 aromatic heterocycles. The van der Waals surface area contributed by atoms with Crippen LogP contribution in [0.2, 0.25) is 0 Å². The lowest BCUT2D eigenvalue weighted by Crippen LogP contribution is -2.08. The number of hydrogen-bond acceptors (Lipinski definition) is 0. The van der Waals surface area contributed by atoms with Crippen LogP contribution in [0.4, 0.5) is 0 Å². The zero-order valence-corrected chi connectivity index (χ0v) is 11.5. The summed E-state index contributed by atoms with van der Waals surface area (Å²) in [6.07, 6.45) is 8.11. The number of aromatic nitrogens is 4. The SMILES string of the molecule is c1c[nH]c(-c2cccn2Cn2cccc2-c2ccc[nH]2)c1. The van der Waals surface area contributed by atoms with E-state index >= 15 is 0 Å². The van der Waals surface area contributed by atoms with Crippen LogP contribution in [0.1, 0.15) is 0 Å². The summed E-state index contributed by atoms with van der Waals surface area (Å²) in [6, 6.07) is 16.6. The highest BCUT2D eigenvalue weighted by atomic mass is 15.2. The summed E-state index contributed by atoms with van der Waals surface area (Å²) in [5.74, 6) is 0. The molecule has 0 saturated heterocycles. The first kappa shape index (κ1) is 11.9. The van der Waals surface area contributed by atoms with Crippen LogP contribution < -0.4 is 0 Å². The van der Waals surface area contributed by atoms with Crippen molar-refractivity contribution in [2.75, 3.05) is 0 Å². The second-order valence-electron chi connectivity index (χ2n) is 5.04. The quantitative estimate of drug-likeness (QED) is 0.569. The van der Waals surface area contributed by atoms with Crippen LogP contribution in [0.3, 0.4) is 0 Å². The summed E-state index contributed by atoms with van der Waals surface area (Å²) in [7, 11) is 0. The Bertz CT molecular complexity index is 746. The number of rotatable bonds is 4. The Morgan fingerprint density at radius 1 is 0.667 bits per heavy atom. The molecule has 4 heterocycles. The molecule has 0 saturated carbocycles. The third-order valence-electron chi connectivity index (χ3n) is 3.71. The Kier molecular flexibility index (Phi) is 2.78. The molecule has 0 aliphatic heterocycles. The lowest BCUT2D eigenvalue weighted by molar-refractivity contribution is 0.622. The van der Waals surface area contributed by atoms with Gasteiger partial charge in [0.25, 0.3) is 0 Å². The van der Waals surface area contributed by atoms with Crippen molar-refractivity contribution in [3.63, 3.8) is 0 Å². The zero-order chi connectivity index (χ0) is 14.1. The monoisotopic (exact) mass is 276 g/mol. The summed E-state index contributed by atoms with van der Waals surface area (Å²) >= 11 is 0. The maximum Gasteiger partial charge on any atom is 0.0989 e. The molecule has 104 valence electrons. The normalized spacial score (nSPS) is 11.0. The van der Waals surface area contributed by atoms with Crippen molar-refractivity contribution in [1.29, 1.82) is 0 Å². The van der Waals surface area contributed by atoms with E-state index in [1.165, 1.54) is 11.4 Å². The Hall–Kier alpha value is -2.88. The van der Waals surface area contributed by atoms with Crippen molar-refractivity contribution in [2.24, 2.45) is 0 Å². The molecule has 21 heavy (non-hydrogen) atoms. The fraction of sp³-hybridized carbons (Fsp3) is 0.0588. The molecule has 4 aromatic rings. The minimum Gasteiger partial charge on any atom is -0.360 e. The molecule has 2 N–H and O–H groups in total. The summed E-state index contributed by atoms with van der Waals surface area (Å²) < 4.78 is 4.47. The molecule has 0 amide bonds. The van der Waals surface area contributed by atoms with Crippen LogP contribution in [0.5, 0.6) is 0 Å². The number of hydrogen-bond donors (Lipinski definition) is 2. The number of H-pyrrole nitrogens is 2. The van der Waals surface area contributed by atoms with E-state index in [2.05, 4.69) is 67.9 Å². The second kappa shape index (κ2) is 4.90. The number of aromatic amines is 2. The first-order chi connectivity index (χ1) is 10.4. The molecule has 0 unspecified atom stereocenters. The van der Waals surface area contributed by atoms with E-state index in [4.69, 9.17) is 0 Å². The van der Waals surface area contributed by atoms with Crippen LogP contribution in [-0.4, -0.2) is 19.1 Å². The van der Waals surface area contributed by atoms with Crippen molar-refractivity contribution >= 4 is 0 Å². The van der Waals surface area contributed by atoms with Gasteiger partial charge in [0.2, 0.25) is 0 Å². The van der Waals surface area contributed by atoms with Crippen LogP contribution >= 0.6 is 0 Å². The van der Waals surface area contributed by atoms with Gasteiger partial charge in [-0.2, -0.15) is 0 Å². The molecule has 4 heteroatoms. The van der Waals surface area contributed by atoms with Gasteiger partial charge in [0, 0.05) is 24.8 Å². The smallest absolute Gasteiger partial charge is 0.0989 e. The van der Waals surface area contributed by atoms with Gasteiger partial charge in [-0.25, -0.2) is 0 Å². The molecule has 0 aliphatic carbocycles. The van der Waals surface area contributed by atoms with Crippen molar-refractivity contribution in [3.8, 4) is 22.8 Å². The van der Waals surface area contributed by atoms with Crippen LogP contribution in [0.15, 0.2) is 73.3 Å². The molecule has 0 bridgehead atoms. The molecule has 4 nitrogen and oxygen atoms in total. The summed E-state index contributed by atoms with van der Waals surface area (Å²) in [4.78, 5) is 6.53. The lowest BCUT2D eigenvalue weighted by atomic mass is 10.3.